The molecule has 2 aromatic heterocycles. The second-order valence-corrected chi connectivity index (χ2v) is 3.89. The molecular weight excluding hydrogens is 206 g/mol. The summed E-state index contributed by atoms with van der Waals surface area (Å²) in [4.78, 5) is 4.31. The van der Waals surface area contributed by atoms with Crippen molar-refractivity contribution in [2.24, 2.45) is 12.8 Å². The standard InChI is InChI=1S/C10H15N5O/c1-6(5-11)9-12-10(16-14-9)8-4-7(2)13-15(8)3/h4,6H,5,11H2,1-3H3. The Balaban J connectivity index is 2.35. The van der Waals surface area contributed by atoms with Gasteiger partial charge in [-0.2, -0.15) is 10.1 Å². The van der Waals surface area contributed by atoms with E-state index in [1.807, 2.05) is 27.0 Å². The van der Waals surface area contributed by atoms with Crippen molar-refractivity contribution in [1.82, 2.24) is 19.9 Å². The summed E-state index contributed by atoms with van der Waals surface area (Å²) in [5.41, 5.74) is 7.29. The van der Waals surface area contributed by atoms with Gasteiger partial charge in [-0.15, -0.1) is 0 Å². The van der Waals surface area contributed by atoms with Crippen LogP contribution in [-0.2, 0) is 7.05 Å². The number of hydrogen-bond acceptors (Lipinski definition) is 5. The fraction of sp³-hybridized carbons (Fsp3) is 0.500. The Morgan fingerprint density at radius 2 is 2.31 bits per heavy atom. The number of rotatable bonds is 3. The Morgan fingerprint density at radius 3 is 2.88 bits per heavy atom. The third-order valence-corrected chi connectivity index (χ3v) is 2.46. The summed E-state index contributed by atoms with van der Waals surface area (Å²) in [7, 11) is 1.85. The molecule has 0 saturated heterocycles. The number of nitrogens with zero attached hydrogens (tertiary/aromatic N) is 4. The second kappa shape index (κ2) is 4.05. The quantitative estimate of drug-likeness (QED) is 0.830. The Morgan fingerprint density at radius 1 is 1.56 bits per heavy atom. The highest BCUT2D eigenvalue weighted by atomic mass is 16.5. The summed E-state index contributed by atoms with van der Waals surface area (Å²) < 4.78 is 6.91. The van der Waals surface area contributed by atoms with Crippen molar-refractivity contribution in [2.75, 3.05) is 6.54 Å². The highest BCUT2D eigenvalue weighted by Crippen LogP contribution is 2.19. The zero-order valence-corrected chi connectivity index (χ0v) is 9.64. The number of aryl methyl sites for hydroxylation is 2. The smallest absolute Gasteiger partial charge is 0.276 e. The molecule has 0 aromatic carbocycles. The van der Waals surface area contributed by atoms with Gasteiger partial charge in [0.2, 0.25) is 0 Å². The normalized spacial score (nSPS) is 13.0. The van der Waals surface area contributed by atoms with Crippen molar-refractivity contribution >= 4 is 0 Å². The van der Waals surface area contributed by atoms with Crippen molar-refractivity contribution < 1.29 is 4.52 Å². The van der Waals surface area contributed by atoms with E-state index >= 15 is 0 Å². The lowest BCUT2D eigenvalue weighted by atomic mass is 10.2. The average Bonchev–Trinajstić information content (AvgIpc) is 2.83. The van der Waals surface area contributed by atoms with Crippen molar-refractivity contribution in [1.29, 1.82) is 0 Å². The predicted molar refractivity (Wildman–Crippen MR) is 58.7 cm³/mol. The van der Waals surface area contributed by atoms with Crippen LogP contribution in [-0.4, -0.2) is 26.5 Å². The molecule has 0 saturated carbocycles. The summed E-state index contributed by atoms with van der Waals surface area (Å²) in [5.74, 6) is 1.22. The summed E-state index contributed by atoms with van der Waals surface area (Å²) in [6.07, 6.45) is 0. The summed E-state index contributed by atoms with van der Waals surface area (Å²) >= 11 is 0. The lowest BCUT2D eigenvalue weighted by molar-refractivity contribution is 0.415. The van der Waals surface area contributed by atoms with Crippen molar-refractivity contribution in [3.05, 3.63) is 17.6 Å². The van der Waals surface area contributed by atoms with E-state index < -0.39 is 0 Å². The summed E-state index contributed by atoms with van der Waals surface area (Å²) in [6, 6.07) is 1.91. The molecule has 0 amide bonds. The van der Waals surface area contributed by atoms with Gasteiger partial charge in [0, 0.05) is 19.5 Å². The Labute approximate surface area is 93.4 Å². The second-order valence-electron chi connectivity index (χ2n) is 3.89. The lowest BCUT2D eigenvalue weighted by Crippen LogP contribution is -2.10. The molecule has 0 radical (unpaired) electrons. The molecule has 1 atom stereocenters. The fourth-order valence-electron chi connectivity index (χ4n) is 1.46. The SMILES string of the molecule is Cc1cc(-c2nc(C(C)CN)no2)n(C)n1. The first kappa shape index (κ1) is 10.8. The zero-order chi connectivity index (χ0) is 11.7. The van der Waals surface area contributed by atoms with E-state index in [1.54, 1.807) is 4.68 Å². The third-order valence-electron chi connectivity index (χ3n) is 2.46. The van der Waals surface area contributed by atoms with Crippen LogP contribution < -0.4 is 5.73 Å². The first-order valence-electron chi connectivity index (χ1n) is 5.16. The van der Waals surface area contributed by atoms with Crippen LogP contribution >= 0.6 is 0 Å². The summed E-state index contributed by atoms with van der Waals surface area (Å²) in [5, 5.41) is 8.13. The van der Waals surface area contributed by atoms with Gasteiger partial charge in [0.25, 0.3) is 5.89 Å². The highest BCUT2D eigenvalue weighted by Gasteiger charge is 2.16. The van der Waals surface area contributed by atoms with Crippen LogP contribution in [0.4, 0.5) is 0 Å². The van der Waals surface area contributed by atoms with Gasteiger partial charge in [-0.25, -0.2) is 0 Å². The van der Waals surface area contributed by atoms with Crippen LogP contribution in [0.2, 0.25) is 0 Å². The third kappa shape index (κ3) is 1.83. The van der Waals surface area contributed by atoms with Crippen LogP contribution in [0.15, 0.2) is 10.6 Å². The minimum Gasteiger partial charge on any atom is -0.332 e. The van der Waals surface area contributed by atoms with Crippen LogP contribution in [0.25, 0.3) is 11.6 Å². The molecule has 0 fully saturated rings. The summed E-state index contributed by atoms with van der Waals surface area (Å²) in [6.45, 7) is 4.38. The van der Waals surface area contributed by atoms with Gasteiger partial charge in [0.1, 0.15) is 5.69 Å². The van der Waals surface area contributed by atoms with E-state index in [0.717, 1.165) is 11.4 Å². The molecule has 1 unspecified atom stereocenters. The molecule has 2 rings (SSSR count). The first-order chi connectivity index (χ1) is 7.61. The van der Waals surface area contributed by atoms with Crippen molar-refractivity contribution in [3.8, 4) is 11.6 Å². The van der Waals surface area contributed by atoms with Crippen LogP contribution in [0, 0.1) is 6.92 Å². The van der Waals surface area contributed by atoms with E-state index in [0.29, 0.717) is 18.3 Å². The maximum atomic E-state index is 5.55. The van der Waals surface area contributed by atoms with Gasteiger partial charge in [0.05, 0.1) is 5.69 Å². The maximum Gasteiger partial charge on any atom is 0.276 e. The van der Waals surface area contributed by atoms with Gasteiger partial charge in [-0.1, -0.05) is 12.1 Å². The fourth-order valence-corrected chi connectivity index (χ4v) is 1.46. The largest absolute Gasteiger partial charge is 0.332 e. The molecule has 6 heteroatoms. The molecule has 0 bridgehead atoms. The zero-order valence-electron chi connectivity index (χ0n) is 9.64. The molecule has 0 spiro atoms. The van der Waals surface area contributed by atoms with E-state index in [-0.39, 0.29) is 5.92 Å². The molecule has 0 aliphatic heterocycles. The molecule has 0 aliphatic rings. The topological polar surface area (TPSA) is 82.8 Å². The molecule has 16 heavy (non-hydrogen) atoms. The Kier molecular flexibility index (Phi) is 2.74. The molecule has 2 heterocycles. The van der Waals surface area contributed by atoms with E-state index in [4.69, 9.17) is 10.3 Å². The maximum absolute atomic E-state index is 5.55. The van der Waals surface area contributed by atoms with Crippen molar-refractivity contribution in [3.63, 3.8) is 0 Å². The number of aromatic nitrogens is 4. The molecule has 2 N–H and O–H groups in total. The highest BCUT2D eigenvalue weighted by molar-refractivity contribution is 5.47. The van der Waals surface area contributed by atoms with E-state index in [1.165, 1.54) is 0 Å². The van der Waals surface area contributed by atoms with E-state index in [2.05, 4.69) is 15.2 Å². The van der Waals surface area contributed by atoms with Crippen molar-refractivity contribution in [2.45, 2.75) is 19.8 Å². The van der Waals surface area contributed by atoms with Gasteiger partial charge in [-0.05, 0) is 13.0 Å². The van der Waals surface area contributed by atoms with Gasteiger partial charge < -0.3 is 10.3 Å². The molecular formula is C10H15N5O. The van der Waals surface area contributed by atoms with E-state index in [9.17, 15) is 0 Å². The van der Waals surface area contributed by atoms with Gasteiger partial charge in [-0.3, -0.25) is 4.68 Å². The van der Waals surface area contributed by atoms with Crippen LogP contribution in [0.5, 0.6) is 0 Å². The Hall–Kier alpha value is -1.69. The first-order valence-corrected chi connectivity index (χ1v) is 5.16. The minimum atomic E-state index is 0.104. The average molecular weight is 221 g/mol. The number of hydrogen-bond donors (Lipinski definition) is 1. The molecule has 0 aliphatic carbocycles. The monoisotopic (exact) mass is 221 g/mol. The van der Waals surface area contributed by atoms with Crippen LogP contribution in [0.1, 0.15) is 24.4 Å². The molecule has 6 nitrogen and oxygen atoms in total. The lowest BCUT2D eigenvalue weighted by Gasteiger charge is -1.98. The molecule has 86 valence electrons. The van der Waals surface area contributed by atoms with Gasteiger partial charge >= 0.3 is 0 Å². The number of nitrogens with two attached hydrogens (primary N) is 1. The van der Waals surface area contributed by atoms with Crippen LogP contribution in [0.3, 0.4) is 0 Å². The predicted octanol–water partition coefficient (Wildman–Crippen LogP) is 0.841. The van der Waals surface area contributed by atoms with Gasteiger partial charge in [0.15, 0.2) is 5.82 Å². The minimum absolute atomic E-state index is 0.104. The molecule has 2 aromatic rings. The Bertz CT molecular complexity index is 487.